The van der Waals surface area contributed by atoms with Crippen molar-refractivity contribution in [3.63, 3.8) is 0 Å². The van der Waals surface area contributed by atoms with Gasteiger partial charge in [0.25, 0.3) is 0 Å². The van der Waals surface area contributed by atoms with Gasteiger partial charge in [-0.1, -0.05) is 24.3 Å². The van der Waals surface area contributed by atoms with E-state index in [1.807, 2.05) is 25.1 Å². The van der Waals surface area contributed by atoms with Crippen LogP contribution in [0.4, 0.5) is 14.5 Å². The number of benzene rings is 3. The normalized spacial score (nSPS) is 16.7. The molecular formula is C26H25F2NO5. The molecule has 0 bridgehead atoms. The third kappa shape index (κ3) is 3.65. The lowest BCUT2D eigenvalue weighted by molar-refractivity contribution is -0.286. The number of carbonyl (C=O) groups excluding carboxylic acids is 1. The van der Waals surface area contributed by atoms with Gasteiger partial charge in [-0.2, -0.15) is 0 Å². The lowest BCUT2D eigenvalue weighted by atomic mass is 9.92. The summed E-state index contributed by atoms with van der Waals surface area (Å²) in [7, 11) is 0. The van der Waals surface area contributed by atoms with Crippen molar-refractivity contribution in [2.24, 2.45) is 0 Å². The number of hydrogen-bond acceptors (Lipinski definition) is 4. The van der Waals surface area contributed by atoms with Crippen molar-refractivity contribution in [3.8, 4) is 22.6 Å². The molecule has 1 aliphatic heterocycles. The second-order valence-electron chi connectivity index (χ2n) is 8.68. The number of hydrogen-bond donors (Lipinski definition) is 2. The van der Waals surface area contributed by atoms with Crippen molar-refractivity contribution in [1.29, 1.82) is 0 Å². The van der Waals surface area contributed by atoms with Crippen LogP contribution in [0.2, 0.25) is 0 Å². The number of amides is 1. The zero-order valence-electron chi connectivity index (χ0n) is 18.4. The Hall–Kier alpha value is -3.94. The second kappa shape index (κ2) is 7.55. The third-order valence-corrected chi connectivity index (χ3v) is 6.49. The van der Waals surface area contributed by atoms with Crippen molar-refractivity contribution < 1.29 is 35.8 Å². The Morgan fingerprint density at radius 1 is 0.971 bits per heavy atom. The van der Waals surface area contributed by atoms with Crippen molar-refractivity contribution in [3.05, 3.63) is 76.9 Å². The molecule has 0 spiro atoms. The van der Waals surface area contributed by atoms with Crippen LogP contribution < -0.4 is 14.8 Å². The fourth-order valence-corrected chi connectivity index (χ4v) is 4.42. The van der Waals surface area contributed by atoms with Gasteiger partial charge in [-0.25, -0.2) is 4.79 Å². The molecule has 3 aromatic rings. The minimum atomic E-state index is -3.71. The molecule has 0 unspecified atom stereocenters. The van der Waals surface area contributed by atoms with Crippen molar-refractivity contribution in [2.45, 2.75) is 38.4 Å². The first-order valence-corrected chi connectivity index (χ1v) is 10.8. The Kier molecular flexibility index (Phi) is 4.86. The van der Waals surface area contributed by atoms with Crippen LogP contribution in [-0.2, 0) is 10.2 Å². The molecule has 1 fully saturated rings. The van der Waals surface area contributed by atoms with Crippen molar-refractivity contribution >= 4 is 17.6 Å². The Morgan fingerprint density at radius 3 is 2.41 bits per heavy atom. The fourth-order valence-electron chi connectivity index (χ4n) is 4.42. The monoisotopic (exact) mass is 469 g/mol. The predicted molar refractivity (Wildman–Crippen MR) is 125 cm³/mol. The number of nitrogens with one attached hydrogen (secondary N) is 1. The van der Waals surface area contributed by atoms with Gasteiger partial charge in [0.1, 0.15) is 0 Å². The van der Waals surface area contributed by atoms with Crippen LogP contribution in [0.5, 0.6) is 11.5 Å². The number of rotatable bonds is 5. The lowest BCUT2D eigenvalue weighted by Crippen LogP contribution is -2.28. The Balaban J connectivity index is 0.00000180. The molecule has 1 heterocycles. The van der Waals surface area contributed by atoms with E-state index in [1.54, 1.807) is 31.2 Å². The molecule has 8 heteroatoms. The van der Waals surface area contributed by atoms with E-state index in [-0.39, 0.29) is 25.8 Å². The largest absolute Gasteiger partial charge is 0.586 e. The molecule has 0 radical (unpaired) electrons. The molecule has 178 valence electrons. The molecule has 1 aliphatic carbocycles. The highest BCUT2D eigenvalue weighted by atomic mass is 19.3. The summed E-state index contributed by atoms with van der Waals surface area (Å²) in [5.74, 6) is -1.40. The van der Waals surface area contributed by atoms with E-state index in [1.165, 1.54) is 12.1 Å². The van der Waals surface area contributed by atoms with Crippen LogP contribution >= 0.6 is 0 Å². The minimum Gasteiger partial charge on any atom is -0.478 e. The zero-order chi connectivity index (χ0) is 24.3. The predicted octanol–water partition coefficient (Wildman–Crippen LogP) is 6.15. The molecule has 3 aromatic carbocycles. The molecule has 1 saturated carbocycles. The average Bonchev–Trinajstić information content (AvgIpc) is 3.52. The lowest BCUT2D eigenvalue weighted by Gasteiger charge is -2.18. The number of carbonyl (C=O) groups is 2. The molecule has 2 N–H and O–H groups in total. The fraction of sp³-hybridized carbons (Fsp3) is 0.231. The highest BCUT2D eigenvalue weighted by Crippen LogP contribution is 2.52. The number of aryl methyl sites for hydroxylation is 1. The number of carboxylic acids is 1. The first-order chi connectivity index (χ1) is 16.1. The SMILES string of the molecule is Cc1ccc(NC(=O)C2(c3ccc4c(c3)OC(F)(F)O4)CC2)cc1-c1cccc(C(=O)O)c1C.[HH].[HH]. The average molecular weight is 469 g/mol. The van der Waals surface area contributed by atoms with Gasteiger partial charge in [0.15, 0.2) is 11.5 Å². The van der Waals surface area contributed by atoms with Gasteiger partial charge in [-0.3, -0.25) is 4.79 Å². The summed E-state index contributed by atoms with van der Waals surface area (Å²) in [6.07, 6.45) is -2.56. The molecular weight excluding hydrogens is 444 g/mol. The van der Waals surface area contributed by atoms with E-state index >= 15 is 0 Å². The summed E-state index contributed by atoms with van der Waals surface area (Å²) in [6, 6.07) is 15.0. The van der Waals surface area contributed by atoms with E-state index in [9.17, 15) is 23.5 Å². The summed E-state index contributed by atoms with van der Waals surface area (Å²) < 4.78 is 35.7. The molecule has 0 atom stereocenters. The van der Waals surface area contributed by atoms with E-state index < -0.39 is 17.7 Å². The maximum Gasteiger partial charge on any atom is 0.586 e. The maximum atomic E-state index is 13.4. The van der Waals surface area contributed by atoms with Gasteiger partial charge >= 0.3 is 12.3 Å². The first kappa shape index (κ1) is 21.9. The zero-order valence-corrected chi connectivity index (χ0v) is 18.4. The maximum absolute atomic E-state index is 13.4. The standard InChI is InChI=1S/C26H21F2NO5.2H2/c1-14-6-8-17(13-20(14)18-4-3-5-19(15(18)2)23(30)31)29-24(32)25(10-11-25)16-7-9-21-22(12-16)34-26(27,28)33-21;;/h3-9,12-13H,10-11H2,1-2H3,(H,29,32)(H,30,31);2*1H. The molecule has 5 rings (SSSR count). The van der Waals surface area contributed by atoms with E-state index in [0.29, 0.717) is 29.7 Å². The highest BCUT2D eigenvalue weighted by molar-refractivity contribution is 6.02. The summed E-state index contributed by atoms with van der Waals surface area (Å²) >= 11 is 0. The minimum absolute atomic E-state index is 0. The molecule has 34 heavy (non-hydrogen) atoms. The number of fused-ring (bicyclic) bond motifs is 1. The van der Waals surface area contributed by atoms with Gasteiger partial charge in [-0.05, 0) is 84.8 Å². The molecule has 2 aliphatic rings. The van der Waals surface area contributed by atoms with E-state index in [4.69, 9.17) is 0 Å². The quantitative estimate of drug-likeness (QED) is 0.468. The van der Waals surface area contributed by atoms with Gasteiger partial charge in [-0.15, -0.1) is 8.78 Å². The Labute approximate surface area is 197 Å². The van der Waals surface area contributed by atoms with Crippen molar-refractivity contribution in [2.75, 3.05) is 5.32 Å². The Bertz CT molecular complexity index is 1360. The molecule has 1 amide bonds. The second-order valence-corrected chi connectivity index (χ2v) is 8.68. The summed E-state index contributed by atoms with van der Waals surface area (Å²) in [5.41, 5.74) is 3.68. The first-order valence-electron chi connectivity index (χ1n) is 10.8. The topological polar surface area (TPSA) is 84.9 Å². The van der Waals surface area contributed by atoms with Crippen LogP contribution in [0.25, 0.3) is 11.1 Å². The van der Waals surface area contributed by atoms with Gasteiger partial charge in [0.2, 0.25) is 5.91 Å². The van der Waals surface area contributed by atoms with Crippen LogP contribution in [0.15, 0.2) is 54.6 Å². The number of ether oxygens (including phenoxy) is 2. The molecule has 0 aromatic heterocycles. The summed E-state index contributed by atoms with van der Waals surface area (Å²) in [5, 5.41) is 12.4. The number of carboxylic acid groups (broad SMARTS) is 1. The number of aromatic carboxylic acids is 1. The third-order valence-electron chi connectivity index (χ3n) is 6.49. The van der Waals surface area contributed by atoms with Crippen LogP contribution in [-0.4, -0.2) is 23.3 Å². The number of anilines is 1. The van der Waals surface area contributed by atoms with Crippen LogP contribution in [0.3, 0.4) is 0 Å². The highest BCUT2D eigenvalue weighted by Gasteiger charge is 2.52. The van der Waals surface area contributed by atoms with Gasteiger partial charge < -0.3 is 19.9 Å². The summed E-state index contributed by atoms with van der Waals surface area (Å²) in [4.78, 5) is 24.8. The molecule has 6 nitrogen and oxygen atoms in total. The van der Waals surface area contributed by atoms with Crippen LogP contribution in [0, 0.1) is 13.8 Å². The van der Waals surface area contributed by atoms with Crippen molar-refractivity contribution in [1.82, 2.24) is 0 Å². The summed E-state index contributed by atoms with van der Waals surface area (Å²) in [6.45, 7) is 3.67. The number of halogens is 2. The molecule has 0 saturated heterocycles. The van der Waals surface area contributed by atoms with E-state index in [2.05, 4.69) is 14.8 Å². The number of alkyl halides is 2. The van der Waals surface area contributed by atoms with Gasteiger partial charge in [0, 0.05) is 8.54 Å². The smallest absolute Gasteiger partial charge is 0.478 e. The van der Waals surface area contributed by atoms with Gasteiger partial charge in [0.05, 0.1) is 11.0 Å². The van der Waals surface area contributed by atoms with E-state index in [0.717, 1.165) is 16.7 Å². The Morgan fingerprint density at radius 2 is 1.71 bits per heavy atom. The van der Waals surface area contributed by atoms with Crippen LogP contribution in [0.1, 0.15) is 42.7 Å².